The van der Waals surface area contributed by atoms with Crippen LogP contribution in [0.1, 0.15) is 61.8 Å². The lowest BCUT2D eigenvalue weighted by Gasteiger charge is -2.68. The van der Waals surface area contributed by atoms with E-state index in [1.54, 1.807) is 24.3 Å². The van der Waals surface area contributed by atoms with Crippen LogP contribution < -0.4 is 47.1 Å². The summed E-state index contributed by atoms with van der Waals surface area (Å²) >= 11 is 0. The Bertz CT molecular complexity index is 3460. The van der Waals surface area contributed by atoms with Crippen molar-refractivity contribution in [1.29, 1.82) is 0 Å². The van der Waals surface area contributed by atoms with Crippen LogP contribution in [0.25, 0.3) is 22.3 Å². The summed E-state index contributed by atoms with van der Waals surface area (Å²) in [6.07, 6.45) is -0.835. The molecule has 4 aliphatic carbocycles. The highest BCUT2D eigenvalue weighted by molar-refractivity contribution is 5.90. The predicted molar refractivity (Wildman–Crippen MR) is 282 cm³/mol. The van der Waals surface area contributed by atoms with Crippen LogP contribution in [0, 0.1) is 22.7 Å². The molecule has 17 N–H and O–H groups in total. The Hall–Kier alpha value is -7.38. The number of aryl methyl sites for hydroxylation is 1. The molecule has 416 valence electrons. The first-order valence-electron chi connectivity index (χ1n) is 26.4. The number of H-pyrrole nitrogens is 1. The number of phenols is 2. The van der Waals surface area contributed by atoms with Crippen molar-refractivity contribution < 1.29 is 74.1 Å². The van der Waals surface area contributed by atoms with Gasteiger partial charge in [-0.3, -0.25) is 10.1 Å². The number of allylic oxidation sites excluding steroid dienone is 3. The fraction of sp³-hybridized carbons (Fsp3) is 0.404. The van der Waals surface area contributed by atoms with Crippen LogP contribution >= 0.6 is 0 Å². The number of aliphatic hydroxyl groups is 6. The molecule has 3 aromatic carbocycles. The van der Waals surface area contributed by atoms with Crippen molar-refractivity contribution in [1.82, 2.24) is 20.9 Å². The maximum atomic E-state index is 14.2. The summed E-state index contributed by atoms with van der Waals surface area (Å²) in [5, 5.41) is 116. The summed E-state index contributed by atoms with van der Waals surface area (Å²) in [5.74, 6) is -3.56. The fourth-order valence-electron chi connectivity index (χ4n) is 14.0. The predicted octanol–water partition coefficient (Wildman–Crippen LogP) is 2.42. The Morgan fingerprint density at radius 2 is 1.78 bits per heavy atom. The molecule has 2 bridgehead atoms. The number of nitrogens with two attached hydrogens (primary N) is 2. The van der Waals surface area contributed by atoms with Crippen LogP contribution in [0.3, 0.4) is 0 Å². The lowest BCUT2D eigenvalue weighted by atomic mass is 9.40. The number of hydrogen-bond donors (Lipinski definition) is 15. The lowest BCUT2D eigenvalue weighted by molar-refractivity contribution is -0.355. The second-order valence-corrected chi connectivity index (χ2v) is 21.7. The quantitative estimate of drug-likeness (QED) is 0.0561. The second kappa shape index (κ2) is 19.2. The van der Waals surface area contributed by atoms with E-state index in [1.807, 2.05) is 19.1 Å². The molecule has 13 unspecified atom stereocenters. The number of nitrogens with one attached hydrogen (secondary N) is 4. The van der Waals surface area contributed by atoms with E-state index in [0.29, 0.717) is 53.4 Å². The zero-order chi connectivity index (χ0) is 55.5. The monoisotopic (exact) mass is 1090 g/mol. The van der Waals surface area contributed by atoms with E-state index in [1.165, 1.54) is 42.5 Å². The van der Waals surface area contributed by atoms with Crippen LogP contribution in [0.5, 0.6) is 28.7 Å². The first-order valence-corrected chi connectivity index (χ1v) is 26.4. The number of carbonyl (C=O) groups is 1. The third kappa shape index (κ3) is 7.86. The number of aromatic nitrogens is 1. The first kappa shape index (κ1) is 52.3. The summed E-state index contributed by atoms with van der Waals surface area (Å²) in [4.78, 5) is 31.0. The average Bonchev–Trinajstić information content (AvgIpc) is 4.36. The molecule has 79 heavy (non-hydrogen) atoms. The number of fused-ring (bicyclic) bond motifs is 5. The number of benzene rings is 3. The van der Waals surface area contributed by atoms with Crippen LogP contribution in [-0.2, 0) is 16.0 Å². The molecule has 2 saturated heterocycles. The number of carboxylic acid groups (broad SMARTS) is 1. The van der Waals surface area contributed by atoms with E-state index < -0.39 is 106 Å². The number of aliphatic hydroxyl groups excluding tert-OH is 4. The van der Waals surface area contributed by atoms with Gasteiger partial charge in [0.2, 0.25) is 18.3 Å². The highest BCUT2D eigenvalue weighted by atomic mass is 16.7. The van der Waals surface area contributed by atoms with Gasteiger partial charge in [-0.05, 0) is 133 Å². The standard InChI is InChI=1S/C57H62N6O16/c1-2-26-15-29(17-32(65)16-26)51(71)78-48-39(20-38-45(47(48)68)36(66)19-37(76-38)27-4-9-33(10-5-27)75-40(24-64)46(67)35-11-12-43(58)63-35)77-53-55(73)21-41-54(42-23-60-25-62-42,57(74,52(55)72)49(79-53)50(69)70)14-13-31-8-7-30-6-3-28-22-61-44(59)18-34(28)56(30,31)41/h4-5,9-21,30-31,40,42,46,49,51-53,60-65,67-68,71-74H,2-3,6-8,22-25,58-59H2,1H3,(H,69,70). The van der Waals surface area contributed by atoms with Crippen molar-refractivity contribution in [2.24, 2.45) is 28.4 Å². The molecule has 7 aliphatic rings. The molecule has 5 heterocycles. The minimum atomic E-state index is -2.82. The molecule has 1 saturated carbocycles. The molecule has 22 heteroatoms. The SMILES string of the molecule is CCc1cc(O)cc(C(O)Oc2c(OC3OC(C(=O)O)C4(O)C(O)C3(O)C=C3C56C7=C(CCC5CCC6C=CC34C3CNCN3)CNC(N)=C7)cc3oc(-c4ccc(OC(CO)C(O)c5ccc(N)[nH]5)cc4)cc(=O)c3c2O)c1. The molecule has 0 amide bonds. The van der Waals surface area contributed by atoms with Gasteiger partial charge in [0, 0.05) is 60.2 Å². The van der Waals surface area contributed by atoms with E-state index in [-0.39, 0.29) is 53.5 Å². The minimum absolute atomic E-state index is 0.0206. The summed E-state index contributed by atoms with van der Waals surface area (Å²) in [6.45, 7) is 2.20. The number of carboxylic acids is 1. The highest BCUT2D eigenvalue weighted by Crippen LogP contribution is 2.73. The van der Waals surface area contributed by atoms with Gasteiger partial charge < -0.3 is 96.4 Å². The van der Waals surface area contributed by atoms with Gasteiger partial charge in [0.1, 0.15) is 51.9 Å². The van der Waals surface area contributed by atoms with Gasteiger partial charge in [-0.2, -0.15) is 0 Å². The van der Waals surface area contributed by atoms with Crippen molar-refractivity contribution in [2.45, 2.75) is 93.3 Å². The summed E-state index contributed by atoms with van der Waals surface area (Å²) < 4.78 is 31.1. The number of aromatic amines is 1. The Morgan fingerprint density at radius 1 is 0.987 bits per heavy atom. The van der Waals surface area contributed by atoms with Crippen molar-refractivity contribution in [3.63, 3.8) is 0 Å². The molecule has 5 aromatic rings. The number of aliphatic carboxylic acids is 1. The number of rotatable bonds is 14. The number of anilines is 1. The van der Waals surface area contributed by atoms with Crippen molar-refractivity contribution in [3.8, 4) is 40.1 Å². The highest BCUT2D eigenvalue weighted by Gasteiger charge is 2.80. The van der Waals surface area contributed by atoms with Gasteiger partial charge >= 0.3 is 5.97 Å². The Labute approximate surface area is 450 Å². The molecule has 3 aliphatic heterocycles. The van der Waals surface area contributed by atoms with Gasteiger partial charge in [0.15, 0.2) is 34.7 Å². The Morgan fingerprint density at radius 3 is 2.49 bits per heavy atom. The third-order valence-electron chi connectivity index (χ3n) is 17.6. The maximum absolute atomic E-state index is 14.2. The Balaban J connectivity index is 1.00. The van der Waals surface area contributed by atoms with E-state index >= 15 is 0 Å². The molecule has 0 radical (unpaired) electrons. The topological polar surface area (TPSA) is 370 Å². The number of dihydropyridines is 1. The van der Waals surface area contributed by atoms with Gasteiger partial charge in [-0.25, -0.2) is 4.79 Å². The smallest absolute Gasteiger partial charge is 0.336 e. The van der Waals surface area contributed by atoms with Crippen molar-refractivity contribution >= 4 is 22.8 Å². The van der Waals surface area contributed by atoms with E-state index in [4.69, 9.17) is 34.8 Å². The van der Waals surface area contributed by atoms with Crippen molar-refractivity contribution in [3.05, 3.63) is 141 Å². The Kier molecular flexibility index (Phi) is 12.7. The molecular formula is C57H62N6O16. The molecule has 1 spiro atoms. The van der Waals surface area contributed by atoms with Crippen LogP contribution in [-0.4, -0.2) is 125 Å². The number of phenolic OH excluding ortho intramolecular Hbond substituents is 2. The first-order chi connectivity index (χ1) is 37.8. The summed E-state index contributed by atoms with van der Waals surface area (Å²) in [7, 11) is 0. The van der Waals surface area contributed by atoms with Gasteiger partial charge in [0.05, 0.1) is 17.8 Å². The van der Waals surface area contributed by atoms with Gasteiger partial charge in [-0.1, -0.05) is 19.1 Å². The van der Waals surface area contributed by atoms with Gasteiger partial charge in [0.25, 0.3) is 0 Å². The number of ether oxygens (including phenoxy) is 4. The van der Waals surface area contributed by atoms with Crippen molar-refractivity contribution in [2.75, 3.05) is 32.1 Å². The maximum Gasteiger partial charge on any atom is 0.336 e. The van der Waals surface area contributed by atoms with Crippen LogP contribution in [0.2, 0.25) is 0 Å². The largest absolute Gasteiger partial charge is 0.508 e. The molecule has 22 nitrogen and oxygen atoms in total. The average molecular weight is 1090 g/mol. The molecule has 13 atom stereocenters. The molecule has 2 aromatic heterocycles. The zero-order valence-electron chi connectivity index (χ0n) is 42.8. The third-order valence-corrected chi connectivity index (χ3v) is 17.6. The minimum Gasteiger partial charge on any atom is -0.508 e. The van der Waals surface area contributed by atoms with E-state index in [2.05, 4.69) is 20.9 Å². The lowest BCUT2D eigenvalue weighted by Crippen LogP contribution is -2.84. The fourth-order valence-corrected chi connectivity index (χ4v) is 14.0. The zero-order valence-corrected chi connectivity index (χ0v) is 42.8. The molecular weight excluding hydrogens is 1020 g/mol. The molecule has 12 rings (SSSR count). The van der Waals surface area contributed by atoms with Gasteiger partial charge in [-0.15, -0.1) is 0 Å². The number of aromatic hydroxyl groups is 2. The normalized spacial score (nSPS) is 31.6. The van der Waals surface area contributed by atoms with E-state index in [0.717, 1.165) is 42.5 Å². The summed E-state index contributed by atoms with van der Waals surface area (Å²) in [5.41, 5.74) is 6.50. The second-order valence-electron chi connectivity index (χ2n) is 21.7. The number of nitrogen functional groups attached to an aromatic ring is 1. The van der Waals surface area contributed by atoms with E-state index in [9.17, 15) is 55.5 Å². The summed E-state index contributed by atoms with van der Waals surface area (Å²) in [6, 6.07) is 14.9. The molecule has 3 fully saturated rings. The number of hydrogen-bond acceptors (Lipinski definition) is 20. The van der Waals surface area contributed by atoms with Crippen LogP contribution in [0.4, 0.5) is 5.82 Å². The van der Waals surface area contributed by atoms with Crippen LogP contribution in [0.15, 0.2) is 123 Å².